The van der Waals surface area contributed by atoms with Crippen LogP contribution in [0, 0.1) is 0 Å². The zero-order valence-electron chi connectivity index (χ0n) is 13.7. The maximum Gasteiger partial charge on any atom is 0.335 e. The molecule has 0 atom stereocenters. The summed E-state index contributed by atoms with van der Waals surface area (Å²) in [6.07, 6.45) is 3.50. The van der Waals surface area contributed by atoms with Crippen LogP contribution in [0.2, 0.25) is 0 Å². The van der Waals surface area contributed by atoms with Crippen LogP contribution in [0.3, 0.4) is 0 Å². The van der Waals surface area contributed by atoms with Gasteiger partial charge in [-0.25, -0.2) is 13.2 Å². The molecule has 1 heterocycles. The largest absolute Gasteiger partial charge is 0.478 e. The molecular weight excluding hydrogens is 340 g/mol. The lowest BCUT2D eigenvalue weighted by molar-refractivity contribution is 0.0696. The second-order valence-corrected chi connectivity index (χ2v) is 7.72. The van der Waals surface area contributed by atoms with Crippen molar-refractivity contribution in [3.8, 4) is 0 Å². The van der Waals surface area contributed by atoms with Gasteiger partial charge >= 0.3 is 5.97 Å². The molecule has 0 bridgehead atoms. The molecule has 1 aliphatic heterocycles. The number of hydrogen-bond acceptors (Lipinski definition) is 4. The SMILES string of the molecule is O=C(O)c1cccc(S(=O)(=O)Nc2cccc(N3CCCCC3)c2)c1. The smallest absolute Gasteiger partial charge is 0.335 e. The number of nitrogens with one attached hydrogen (secondary N) is 1. The van der Waals surface area contributed by atoms with Crippen molar-refractivity contribution in [3.63, 3.8) is 0 Å². The molecule has 0 amide bonds. The molecule has 2 N–H and O–H groups in total. The summed E-state index contributed by atoms with van der Waals surface area (Å²) < 4.78 is 27.6. The number of carbonyl (C=O) groups is 1. The van der Waals surface area contributed by atoms with Crippen LogP contribution in [0.15, 0.2) is 53.4 Å². The van der Waals surface area contributed by atoms with E-state index in [2.05, 4.69) is 9.62 Å². The van der Waals surface area contributed by atoms with E-state index in [9.17, 15) is 13.2 Å². The topological polar surface area (TPSA) is 86.7 Å². The van der Waals surface area contributed by atoms with Gasteiger partial charge in [0.05, 0.1) is 16.1 Å². The molecule has 6 nitrogen and oxygen atoms in total. The van der Waals surface area contributed by atoms with E-state index in [1.165, 1.54) is 24.6 Å². The van der Waals surface area contributed by atoms with Gasteiger partial charge in [-0.1, -0.05) is 12.1 Å². The summed E-state index contributed by atoms with van der Waals surface area (Å²) in [6, 6.07) is 12.6. The Morgan fingerprint density at radius 2 is 1.72 bits per heavy atom. The van der Waals surface area contributed by atoms with Crippen LogP contribution in [0.25, 0.3) is 0 Å². The van der Waals surface area contributed by atoms with Crippen LogP contribution < -0.4 is 9.62 Å². The van der Waals surface area contributed by atoms with Gasteiger partial charge in [0, 0.05) is 18.8 Å². The lowest BCUT2D eigenvalue weighted by Gasteiger charge is -2.29. The van der Waals surface area contributed by atoms with E-state index in [1.807, 2.05) is 18.2 Å². The van der Waals surface area contributed by atoms with Gasteiger partial charge in [0.25, 0.3) is 10.0 Å². The van der Waals surface area contributed by atoms with Crippen molar-refractivity contribution < 1.29 is 18.3 Å². The molecule has 3 rings (SSSR count). The summed E-state index contributed by atoms with van der Waals surface area (Å²) in [6.45, 7) is 1.94. The first-order chi connectivity index (χ1) is 12.0. The Morgan fingerprint density at radius 1 is 1.00 bits per heavy atom. The third-order valence-corrected chi connectivity index (χ3v) is 5.59. The Bertz CT molecular complexity index is 874. The van der Waals surface area contributed by atoms with E-state index >= 15 is 0 Å². The molecule has 132 valence electrons. The average molecular weight is 360 g/mol. The lowest BCUT2D eigenvalue weighted by Crippen LogP contribution is -2.29. The highest BCUT2D eigenvalue weighted by molar-refractivity contribution is 7.92. The van der Waals surface area contributed by atoms with E-state index in [1.54, 1.807) is 6.07 Å². The van der Waals surface area contributed by atoms with Gasteiger partial charge in [0.1, 0.15) is 0 Å². The van der Waals surface area contributed by atoms with Crippen molar-refractivity contribution in [1.82, 2.24) is 0 Å². The monoisotopic (exact) mass is 360 g/mol. The predicted molar refractivity (Wildman–Crippen MR) is 96.7 cm³/mol. The Balaban J connectivity index is 1.83. The molecule has 0 aromatic heterocycles. The third kappa shape index (κ3) is 4.11. The minimum atomic E-state index is -3.85. The highest BCUT2D eigenvalue weighted by Gasteiger charge is 2.17. The van der Waals surface area contributed by atoms with Gasteiger partial charge in [-0.2, -0.15) is 0 Å². The number of aromatic carboxylic acids is 1. The molecule has 0 radical (unpaired) electrons. The van der Waals surface area contributed by atoms with Crippen molar-refractivity contribution in [2.45, 2.75) is 24.2 Å². The molecule has 0 aliphatic carbocycles. The van der Waals surface area contributed by atoms with Crippen LogP contribution in [-0.2, 0) is 10.0 Å². The lowest BCUT2D eigenvalue weighted by atomic mass is 10.1. The highest BCUT2D eigenvalue weighted by Crippen LogP contribution is 2.25. The van der Waals surface area contributed by atoms with Crippen LogP contribution >= 0.6 is 0 Å². The summed E-state index contributed by atoms with van der Waals surface area (Å²) in [5.74, 6) is -1.16. The first kappa shape index (κ1) is 17.3. The zero-order chi connectivity index (χ0) is 17.9. The number of rotatable bonds is 5. The Morgan fingerprint density at radius 3 is 2.44 bits per heavy atom. The predicted octanol–water partition coefficient (Wildman–Crippen LogP) is 3.18. The number of benzene rings is 2. The molecule has 2 aromatic rings. The van der Waals surface area contributed by atoms with Gasteiger partial charge < -0.3 is 10.0 Å². The number of carboxylic acid groups (broad SMARTS) is 1. The maximum atomic E-state index is 12.5. The minimum Gasteiger partial charge on any atom is -0.478 e. The van der Waals surface area contributed by atoms with Gasteiger partial charge in [-0.05, 0) is 55.7 Å². The Kier molecular flexibility index (Phi) is 4.94. The molecular formula is C18H20N2O4S. The van der Waals surface area contributed by atoms with Crippen molar-refractivity contribution >= 4 is 27.4 Å². The van der Waals surface area contributed by atoms with E-state index in [0.29, 0.717) is 5.69 Å². The summed E-state index contributed by atoms with van der Waals surface area (Å²) in [4.78, 5) is 13.2. The summed E-state index contributed by atoms with van der Waals surface area (Å²) in [5.41, 5.74) is 1.38. The minimum absolute atomic E-state index is 0.0649. The van der Waals surface area contributed by atoms with Crippen LogP contribution in [0.4, 0.5) is 11.4 Å². The van der Waals surface area contributed by atoms with Gasteiger partial charge in [-0.3, -0.25) is 4.72 Å². The van der Waals surface area contributed by atoms with E-state index < -0.39 is 16.0 Å². The van der Waals surface area contributed by atoms with E-state index in [0.717, 1.165) is 37.7 Å². The molecule has 0 unspecified atom stereocenters. The summed E-state index contributed by atoms with van der Waals surface area (Å²) in [7, 11) is -3.85. The number of piperidine rings is 1. The first-order valence-electron chi connectivity index (χ1n) is 8.17. The van der Waals surface area contributed by atoms with Gasteiger partial charge in [0.2, 0.25) is 0 Å². The van der Waals surface area contributed by atoms with E-state index in [4.69, 9.17) is 5.11 Å². The fraction of sp³-hybridized carbons (Fsp3) is 0.278. The molecule has 2 aromatic carbocycles. The fourth-order valence-electron chi connectivity index (χ4n) is 2.93. The standard InChI is InChI=1S/C18H20N2O4S/c21-18(22)14-6-4-9-17(12-14)25(23,24)19-15-7-5-8-16(13-15)20-10-2-1-3-11-20/h4-9,12-13,19H,1-3,10-11H2,(H,21,22). The number of carboxylic acids is 1. The van der Waals surface area contributed by atoms with E-state index in [-0.39, 0.29) is 10.5 Å². The second kappa shape index (κ2) is 7.14. The highest BCUT2D eigenvalue weighted by atomic mass is 32.2. The maximum absolute atomic E-state index is 12.5. The van der Waals surface area contributed by atoms with Crippen molar-refractivity contribution in [3.05, 3.63) is 54.1 Å². The van der Waals surface area contributed by atoms with Crippen LogP contribution in [-0.4, -0.2) is 32.6 Å². The summed E-state index contributed by atoms with van der Waals surface area (Å²) >= 11 is 0. The van der Waals surface area contributed by atoms with Crippen LogP contribution in [0.1, 0.15) is 29.6 Å². The molecule has 7 heteroatoms. The number of hydrogen-bond donors (Lipinski definition) is 2. The number of sulfonamides is 1. The molecule has 0 spiro atoms. The normalized spacial score (nSPS) is 15.0. The number of anilines is 2. The molecule has 25 heavy (non-hydrogen) atoms. The fourth-order valence-corrected chi connectivity index (χ4v) is 4.02. The Labute approximate surface area is 147 Å². The van der Waals surface area contributed by atoms with Crippen LogP contribution in [0.5, 0.6) is 0 Å². The summed E-state index contributed by atoms with van der Waals surface area (Å²) in [5, 5.41) is 9.02. The third-order valence-electron chi connectivity index (χ3n) is 4.21. The molecule has 0 saturated carbocycles. The van der Waals surface area contributed by atoms with Crippen molar-refractivity contribution in [2.75, 3.05) is 22.7 Å². The van der Waals surface area contributed by atoms with Gasteiger partial charge in [0.15, 0.2) is 0 Å². The zero-order valence-corrected chi connectivity index (χ0v) is 14.5. The quantitative estimate of drug-likeness (QED) is 0.855. The molecule has 1 aliphatic rings. The van der Waals surface area contributed by atoms with Crippen molar-refractivity contribution in [2.24, 2.45) is 0 Å². The Hall–Kier alpha value is -2.54. The number of nitrogens with zero attached hydrogens (tertiary/aromatic N) is 1. The molecule has 1 saturated heterocycles. The van der Waals surface area contributed by atoms with Gasteiger partial charge in [-0.15, -0.1) is 0 Å². The second-order valence-electron chi connectivity index (χ2n) is 6.04. The first-order valence-corrected chi connectivity index (χ1v) is 9.65. The average Bonchev–Trinajstić information content (AvgIpc) is 2.62. The molecule has 1 fully saturated rings. The van der Waals surface area contributed by atoms with Crippen molar-refractivity contribution in [1.29, 1.82) is 0 Å².